The predicted octanol–water partition coefficient (Wildman–Crippen LogP) is 15.7. The van der Waals surface area contributed by atoms with Crippen LogP contribution in [0.4, 0.5) is 17.1 Å². The van der Waals surface area contributed by atoms with Crippen LogP contribution in [0.15, 0.2) is 192 Å². The highest BCUT2D eigenvalue weighted by atomic mass is 32.1. The van der Waals surface area contributed by atoms with Crippen molar-refractivity contribution in [2.75, 3.05) is 4.90 Å². The molecule has 0 bridgehead atoms. The zero-order valence-electron chi connectivity index (χ0n) is 30.1. The Morgan fingerprint density at radius 1 is 0.393 bits per heavy atom. The third-order valence-corrected chi connectivity index (χ3v) is 12.5. The first-order valence-corrected chi connectivity index (χ1v) is 19.7. The summed E-state index contributed by atoms with van der Waals surface area (Å²) in [6.45, 7) is 0. The maximum Gasteiger partial charge on any atom is 0.137 e. The summed E-state index contributed by atoms with van der Waals surface area (Å²) in [5.74, 6) is 1.77. The van der Waals surface area contributed by atoms with Crippen molar-refractivity contribution in [3.63, 3.8) is 0 Å². The lowest BCUT2D eigenvalue weighted by Gasteiger charge is -2.27. The van der Waals surface area contributed by atoms with Crippen molar-refractivity contribution >= 4 is 81.3 Å². The summed E-state index contributed by atoms with van der Waals surface area (Å²) in [6, 6.07) is 67.1. The molecule has 0 saturated carbocycles. The number of para-hydroxylation sites is 1. The van der Waals surface area contributed by atoms with E-state index in [1.807, 2.05) is 23.5 Å². The van der Waals surface area contributed by atoms with Crippen molar-refractivity contribution in [2.24, 2.45) is 0 Å². The molecule has 0 amide bonds. The lowest BCUT2D eigenvalue weighted by atomic mass is 9.89. The van der Waals surface area contributed by atoms with Crippen molar-refractivity contribution in [1.29, 1.82) is 0 Å². The summed E-state index contributed by atoms with van der Waals surface area (Å²) in [5, 5.41) is 7.07. The molecule has 0 spiro atoms. The third-order valence-electron chi connectivity index (χ3n) is 11.3. The summed E-state index contributed by atoms with van der Waals surface area (Å²) in [7, 11) is 0. The molecule has 12 rings (SSSR count). The van der Waals surface area contributed by atoms with Gasteiger partial charge in [-0.15, -0.1) is 11.3 Å². The summed E-state index contributed by atoms with van der Waals surface area (Å²) < 4.78 is 15.6. The molecule has 1 aliphatic heterocycles. The molecule has 3 heterocycles. The molecule has 0 atom stereocenters. The predicted molar refractivity (Wildman–Crippen MR) is 235 cm³/mol. The standard InChI is InChI=1S/C52H31NO2S/c1-2-11-32(12-3-1)34-25-28-37-40-16-8-15-39-36(29-30-47(50(39)40)55-48(37)31-34)33-23-26-35(27-24-33)53(43-18-10-21-46-51(43)42-14-4-6-20-45(42)54-46)44-19-9-17-41-38-13-5-7-22-49(38)56-52(41)44/h1-31H. The first-order chi connectivity index (χ1) is 27.8. The Bertz CT molecular complexity index is 3340. The second kappa shape index (κ2) is 12.2. The van der Waals surface area contributed by atoms with Crippen molar-refractivity contribution in [3.05, 3.63) is 188 Å². The number of hydrogen-bond acceptors (Lipinski definition) is 4. The number of furan rings is 1. The number of rotatable bonds is 5. The number of thiophene rings is 1. The van der Waals surface area contributed by atoms with E-state index in [4.69, 9.17) is 9.15 Å². The van der Waals surface area contributed by atoms with E-state index >= 15 is 0 Å². The number of ether oxygens (including phenoxy) is 1. The molecule has 4 heteroatoms. The first-order valence-electron chi connectivity index (χ1n) is 18.9. The van der Waals surface area contributed by atoms with Crippen molar-refractivity contribution in [1.82, 2.24) is 0 Å². The lowest BCUT2D eigenvalue weighted by molar-refractivity contribution is 0.487. The van der Waals surface area contributed by atoms with Gasteiger partial charge in [-0.1, -0.05) is 127 Å². The van der Waals surface area contributed by atoms with E-state index in [0.717, 1.165) is 72.6 Å². The van der Waals surface area contributed by atoms with Gasteiger partial charge in [-0.3, -0.25) is 0 Å². The SMILES string of the molecule is c1ccc(-c2ccc3c(c2)Oc2ccc(-c4ccc(N(c5cccc6c5sc5ccccc56)c5cccc6oc7ccccc7c56)cc4)c4cccc-3c24)cc1. The monoisotopic (exact) mass is 733 g/mol. The number of anilines is 3. The average Bonchev–Trinajstić information content (AvgIpc) is 3.84. The molecular formula is C52H31NO2S. The van der Waals surface area contributed by atoms with Crippen molar-refractivity contribution < 1.29 is 9.15 Å². The Morgan fingerprint density at radius 2 is 1.09 bits per heavy atom. The van der Waals surface area contributed by atoms with Crippen LogP contribution >= 0.6 is 11.3 Å². The number of fused-ring (bicyclic) bond motifs is 8. The normalized spacial score (nSPS) is 12.1. The number of benzene rings is 9. The van der Waals surface area contributed by atoms with Crippen molar-refractivity contribution in [2.45, 2.75) is 0 Å². The van der Waals surface area contributed by atoms with E-state index in [2.05, 4.69) is 181 Å². The van der Waals surface area contributed by atoms with Crippen LogP contribution < -0.4 is 9.64 Å². The minimum Gasteiger partial charge on any atom is -0.456 e. The van der Waals surface area contributed by atoms with Crippen LogP contribution in [0.3, 0.4) is 0 Å². The molecule has 0 radical (unpaired) electrons. The Kier molecular flexibility index (Phi) is 6.80. The maximum absolute atomic E-state index is 6.65. The van der Waals surface area contributed by atoms with Gasteiger partial charge < -0.3 is 14.1 Å². The van der Waals surface area contributed by atoms with Crippen LogP contribution in [0.25, 0.3) is 86.3 Å². The van der Waals surface area contributed by atoms with E-state index in [9.17, 15) is 0 Å². The van der Waals surface area contributed by atoms with E-state index in [0.29, 0.717) is 0 Å². The van der Waals surface area contributed by atoms with Crippen LogP contribution in [-0.4, -0.2) is 0 Å². The minimum absolute atomic E-state index is 0.873. The Hall–Kier alpha value is -7.14. The van der Waals surface area contributed by atoms with Gasteiger partial charge in [0.25, 0.3) is 0 Å². The second-order valence-electron chi connectivity index (χ2n) is 14.4. The van der Waals surface area contributed by atoms with Gasteiger partial charge in [0.05, 0.1) is 21.5 Å². The van der Waals surface area contributed by atoms with E-state index in [1.54, 1.807) is 0 Å². The van der Waals surface area contributed by atoms with Gasteiger partial charge in [0.2, 0.25) is 0 Å². The molecule has 56 heavy (non-hydrogen) atoms. The van der Waals surface area contributed by atoms with Crippen LogP contribution in [0.5, 0.6) is 11.5 Å². The van der Waals surface area contributed by atoms with E-state index in [-0.39, 0.29) is 0 Å². The molecule has 0 fully saturated rings. The maximum atomic E-state index is 6.65. The van der Waals surface area contributed by atoms with Gasteiger partial charge in [-0.05, 0) is 93.9 Å². The van der Waals surface area contributed by atoms with Crippen molar-refractivity contribution in [3.8, 4) is 44.9 Å². The van der Waals surface area contributed by atoms with Crippen LogP contribution in [-0.2, 0) is 0 Å². The summed E-state index contributed by atoms with van der Waals surface area (Å²) >= 11 is 1.85. The van der Waals surface area contributed by atoms with Gasteiger partial charge in [0.1, 0.15) is 22.7 Å². The van der Waals surface area contributed by atoms with Gasteiger partial charge in [0, 0.05) is 37.5 Å². The quantitative estimate of drug-likeness (QED) is 0.176. The fourth-order valence-corrected chi connectivity index (χ4v) is 9.95. The highest BCUT2D eigenvalue weighted by molar-refractivity contribution is 7.26. The molecule has 9 aromatic carbocycles. The highest BCUT2D eigenvalue weighted by Gasteiger charge is 2.24. The lowest BCUT2D eigenvalue weighted by Crippen LogP contribution is -2.10. The molecule has 0 saturated heterocycles. The molecule has 0 N–H and O–H groups in total. The smallest absolute Gasteiger partial charge is 0.137 e. The van der Waals surface area contributed by atoms with Crippen LogP contribution in [0, 0.1) is 0 Å². The summed E-state index contributed by atoms with van der Waals surface area (Å²) in [6.07, 6.45) is 0. The largest absolute Gasteiger partial charge is 0.456 e. The Morgan fingerprint density at radius 3 is 2.00 bits per heavy atom. The highest BCUT2D eigenvalue weighted by Crippen LogP contribution is 2.51. The number of nitrogens with zero attached hydrogens (tertiary/aromatic N) is 1. The van der Waals surface area contributed by atoms with Gasteiger partial charge in [-0.25, -0.2) is 0 Å². The third kappa shape index (κ3) is 4.70. The van der Waals surface area contributed by atoms with Crippen LogP contribution in [0.1, 0.15) is 0 Å². The van der Waals surface area contributed by atoms with E-state index in [1.165, 1.54) is 42.2 Å². The topological polar surface area (TPSA) is 25.6 Å². The average molecular weight is 734 g/mol. The molecule has 11 aromatic rings. The van der Waals surface area contributed by atoms with Gasteiger partial charge in [0.15, 0.2) is 0 Å². The fraction of sp³-hybridized carbons (Fsp3) is 0. The zero-order valence-corrected chi connectivity index (χ0v) is 30.9. The molecule has 3 nitrogen and oxygen atoms in total. The van der Waals surface area contributed by atoms with Crippen LogP contribution in [0.2, 0.25) is 0 Å². The van der Waals surface area contributed by atoms with Gasteiger partial charge >= 0.3 is 0 Å². The Balaban J connectivity index is 1.01. The van der Waals surface area contributed by atoms with E-state index < -0.39 is 0 Å². The molecule has 1 aliphatic rings. The molecular weight excluding hydrogens is 703 g/mol. The Labute approximate surface area is 326 Å². The summed E-state index contributed by atoms with van der Waals surface area (Å²) in [5.41, 5.74) is 12.0. The molecule has 262 valence electrons. The second-order valence-corrected chi connectivity index (χ2v) is 15.5. The molecule has 2 aromatic heterocycles. The minimum atomic E-state index is 0.873. The number of hydrogen-bond donors (Lipinski definition) is 0. The summed E-state index contributed by atoms with van der Waals surface area (Å²) in [4.78, 5) is 2.41. The van der Waals surface area contributed by atoms with Gasteiger partial charge in [-0.2, -0.15) is 0 Å². The molecule has 0 unspecified atom stereocenters. The first kappa shape index (κ1) is 31.2. The fourth-order valence-electron chi connectivity index (χ4n) is 8.74. The zero-order chi connectivity index (χ0) is 36.7. The molecule has 0 aliphatic carbocycles.